The lowest BCUT2D eigenvalue weighted by atomic mass is 10.2. The van der Waals surface area contributed by atoms with Gasteiger partial charge in [0.2, 0.25) is 0 Å². The van der Waals surface area contributed by atoms with Crippen LogP contribution in [0.25, 0.3) is 0 Å². The second-order valence-electron chi connectivity index (χ2n) is 3.71. The number of hydrogen-bond donors (Lipinski definition) is 1. The number of aromatic carboxylic acids is 1. The number of benzene rings is 1. The monoisotopic (exact) mass is 250 g/mol. The van der Waals surface area contributed by atoms with Crippen LogP contribution in [0.1, 0.15) is 21.9 Å². The lowest BCUT2D eigenvalue weighted by molar-refractivity contribution is 0.0685. The summed E-state index contributed by atoms with van der Waals surface area (Å²) in [5.41, 5.74) is 1.13. The molecule has 88 valence electrons. The Bertz CT molecular complexity index is 563. The molecule has 1 N–H and O–H groups in total. The molecule has 0 amide bonds. The van der Waals surface area contributed by atoms with Crippen LogP contribution in [0, 0.1) is 6.92 Å². The molecule has 5 heteroatoms. The van der Waals surface area contributed by atoms with Crippen LogP contribution in [0.3, 0.4) is 0 Å². The van der Waals surface area contributed by atoms with Crippen molar-refractivity contribution >= 4 is 17.6 Å². The highest BCUT2D eigenvalue weighted by atomic mass is 35.5. The average Bonchev–Trinajstić information content (AvgIpc) is 2.61. The summed E-state index contributed by atoms with van der Waals surface area (Å²) in [7, 11) is 0. The molecule has 0 bridgehead atoms. The van der Waals surface area contributed by atoms with Gasteiger partial charge >= 0.3 is 5.97 Å². The van der Waals surface area contributed by atoms with Crippen LogP contribution in [-0.2, 0) is 6.54 Å². The van der Waals surface area contributed by atoms with E-state index in [4.69, 9.17) is 16.7 Å². The number of carbonyl (C=O) groups is 1. The topological polar surface area (TPSA) is 55.1 Å². The van der Waals surface area contributed by atoms with Crippen LogP contribution in [0.15, 0.2) is 30.5 Å². The summed E-state index contributed by atoms with van der Waals surface area (Å²) in [5.74, 6) is -0.310. The van der Waals surface area contributed by atoms with Gasteiger partial charge in [-0.05, 0) is 24.6 Å². The van der Waals surface area contributed by atoms with Crippen molar-refractivity contribution in [3.05, 3.63) is 52.6 Å². The van der Waals surface area contributed by atoms with Crippen LogP contribution < -0.4 is 0 Å². The van der Waals surface area contributed by atoms with Crippen molar-refractivity contribution in [1.29, 1.82) is 0 Å². The van der Waals surface area contributed by atoms with Gasteiger partial charge in [-0.1, -0.05) is 23.7 Å². The summed E-state index contributed by atoms with van der Waals surface area (Å²) >= 11 is 5.89. The fraction of sp³-hybridized carbons (Fsp3) is 0.167. The zero-order valence-electron chi connectivity index (χ0n) is 9.22. The second-order valence-corrected chi connectivity index (χ2v) is 4.15. The SMILES string of the molecule is Cc1ncc(C(=O)O)n1Cc1cccc(Cl)c1. The lowest BCUT2D eigenvalue weighted by Gasteiger charge is -2.08. The molecule has 17 heavy (non-hydrogen) atoms. The minimum absolute atomic E-state index is 0.183. The summed E-state index contributed by atoms with van der Waals surface area (Å²) in [6.45, 7) is 2.23. The maximum absolute atomic E-state index is 11.0. The van der Waals surface area contributed by atoms with Crippen molar-refractivity contribution in [3.63, 3.8) is 0 Å². The third-order valence-corrected chi connectivity index (χ3v) is 2.74. The number of imidazole rings is 1. The molecule has 0 aliphatic rings. The predicted molar refractivity (Wildman–Crippen MR) is 64.5 cm³/mol. The molecule has 1 heterocycles. The molecule has 0 atom stereocenters. The van der Waals surface area contributed by atoms with Gasteiger partial charge in [0.1, 0.15) is 11.5 Å². The summed E-state index contributed by atoms with van der Waals surface area (Å²) in [5, 5.41) is 9.66. The lowest BCUT2D eigenvalue weighted by Crippen LogP contribution is -2.10. The van der Waals surface area contributed by atoms with E-state index >= 15 is 0 Å². The first-order chi connectivity index (χ1) is 8.08. The van der Waals surface area contributed by atoms with Crippen molar-refractivity contribution in [2.45, 2.75) is 13.5 Å². The van der Waals surface area contributed by atoms with Gasteiger partial charge < -0.3 is 9.67 Å². The average molecular weight is 251 g/mol. The van der Waals surface area contributed by atoms with Crippen LogP contribution in [0.2, 0.25) is 5.02 Å². The number of halogens is 1. The van der Waals surface area contributed by atoms with Crippen LogP contribution >= 0.6 is 11.6 Å². The van der Waals surface area contributed by atoms with E-state index < -0.39 is 5.97 Å². The molecule has 1 aromatic heterocycles. The number of rotatable bonds is 3. The maximum Gasteiger partial charge on any atom is 0.354 e. The Kier molecular flexibility index (Phi) is 3.15. The highest BCUT2D eigenvalue weighted by molar-refractivity contribution is 6.30. The van der Waals surface area contributed by atoms with E-state index in [0.29, 0.717) is 17.4 Å². The summed E-state index contributed by atoms with van der Waals surface area (Å²) < 4.78 is 1.65. The Balaban J connectivity index is 2.36. The number of carboxylic acids is 1. The van der Waals surface area contributed by atoms with Gasteiger partial charge in [0.15, 0.2) is 0 Å². The van der Waals surface area contributed by atoms with Crippen molar-refractivity contribution in [3.8, 4) is 0 Å². The number of nitrogens with zero attached hydrogens (tertiary/aromatic N) is 2. The number of aryl methyl sites for hydroxylation is 1. The highest BCUT2D eigenvalue weighted by Crippen LogP contribution is 2.14. The standard InChI is InChI=1S/C12H11ClN2O2/c1-8-14-6-11(12(16)17)15(8)7-9-3-2-4-10(13)5-9/h2-6H,7H2,1H3,(H,16,17). The highest BCUT2D eigenvalue weighted by Gasteiger charge is 2.13. The molecule has 2 rings (SSSR count). The smallest absolute Gasteiger partial charge is 0.354 e. The minimum atomic E-state index is -0.979. The molecular weight excluding hydrogens is 240 g/mol. The Labute approximate surface area is 103 Å². The molecule has 4 nitrogen and oxygen atoms in total. The summed E-state index contributed by atoms with van der Waals surface area (Å²) in [4.78, 5) is 15.0. The normalized spacial score (nSPS) is 10.5. The Morgan fingerprint density at radius 2 is 2.29 bits per heavy atom. The van der Waals surface area contributed by atoms with E-state index in [2.05, 4.69) is 4.98 Å². The van der Waals surface area contributed by atoms with E-state index in [1.807, 2.05) is 18.2 Å². The number of aromatic nitrogens is 2. The molecule has 2 aromatic rings. The zero-order valence-corrected chi connectivity index (χ0v) is 9.98. The van der Waals surface area contributed by atoms with E-state index in [9.17, 15) is 4.79 Å². The van der Waals surface area contributed by atoms with Crippen LogP contribution in [0.4, 0.5) is 0 Å². The fourth-order valence-electron chi connectivity index (χ4n) is 1.66. The zero-order chi connectivity index (χ0) is 12.4. The van der Waals surface area contributed by atoms with Crippen molar-refractivity contribution in [2.75, 3.05) is 0 Å². The van der Waals surface area contributed by atoms with Gasteiger partial charge in [0, 0.05) is 11.6 Å². The largest absolute Gasteiger partial charge is 0.477 e. The van der Waals surface area contributed by atoms with E-state index in [0.717, 1.165) is 5.56 Å². The molecule has 0 saturated heterocycles. The third kappa shape index (κ3) is 2.47. The van der Waals surface area contributed by atoms with E-state index in [-0.39, 0.29) is 5.69 Å². The molecule has 0 radical (unpaired) electrons. The van der Waals surface area contributed by atoms with Gasteiger partial charge in [-0.2, -0.15) is 0 Å². The second kappa shape index (κ2) is 4.59. The van der Waals surface area contributed by atoms with E-state index in [1.54, 1.807) is 17.6 Å². The Morgan fingerprint density at radius 1 is 1.53 bits per heavy atom. The molecule has 0 spiro atoms. The van der Waals surface area contributed by atoms with Gasteiger partial charge in [-0.25, -0.2) is 9.78 Å². The molecular formula is C12H11ClN2O2. The first kappa shape index (κ1) is 11.7. The summed E-state index contributed by atoms with van der Waals surface area (Å²) in [6, 6.07) is 7.33. The number of carboxylic acid groups (broad SMARTS) is 1. The molecule has 0 saturated carbocycles. The number of hydrogen-bond acceptors (Lipinski definition) is 2. The quantitative estimate of drug-likeness (QED) is 0.911. The Hall–Kier alpha value is -1.81. The van der Waals surface area contributed by atoms with Gasteiger partial charge in [0.05, 0.1) is 6.20 Å². The predicted octanol–water partition coefficient (Wildman–Crippen LogP) is 2.59. The van der Waals surface area contributed by atoms with Crippen molar-refractivity contribution in [1.82, 2.24) is 9.55 Å². The fourth-order valence-corrected chi connectivity index (χ4v) is 1.87. The van der Waals surface area contributed by atoms with Crippen molar-refractivity contribution < 1.29 is 9.90 Å². The molecule has 0 aliphatic carbocycles. The van der Waals surface area contributed by atoms with E-state index in [1.165, 1.54) is 6.20 Å². The molecule has 0 unspecified atom stereocenters. The van der Waals surface area contributed by atoms with Crippen LogP contribution in [-0.4, -0.2) is 20.6 Å². The minimum Gasteiger partial charge on any atom is -0.477 e. The molecule has 0 fully saturated rings. The van der Waals surface area contributed by atoms with Crippen molar-refractivity contribution in [2.24, 2.45) is 0 Å². The maximum atomic E-state index is 11.0. The van der Waals surface area contributed by atoms with Crippen LogP contribution in [0.5, 0.6) is 0 Å². The summed E-state index contributed by atoms with van der Waals surface area (Å²) in [6.07, 6.45) is 1.36. The van der Waals surface area contributed by atoms with Gasteiger partial charge in [-0.3, -0.25) is 0 Å². The first-order valence-electron chi connectivity index (χ1n) is 5.08. The molecule has 0 aliphatic heterocycles. The Morgan fingerprint density at radius 3 is 2.94 bits per heavy atom. The third-order valence-electron chi connectivity index (χ3n) is 2.50. The van der Waals surface area contributed by atoms with Gasteiger partial charge in [-0.15, -0.1) is 0 Å². The first-order valence-corrected chi connectivity index (χ1v) is 5.45. The van der Waals surface area contributed by atoms with Gasteiger partial charge in [0.25, 0.3) is 0 Å². The molecule has 1 aromatic carbocycles.